The van der Waals surface area contributed by atoms with Crippen molar-refractivity contribution in [2.75, 3.05) is 20.6 Å². The lowest BCUT2D eigenvalue weighted by Crippen LogP contribution is -2.37. The van der Waals surface area contributed by atoms with E-state index in [4.69, 9.17) is 0 Å². The van der Waals surface area contributed by atoms with Crippen molar-refractivity contribution in [2.45, 2.75) is 6.04 Å². The zero-order chi connectivity index (χ0) is 17.1. The van der Waals surface area contributed by atoms with Crippen LogP contribution in [0, 0.1) is 0 Å². The average molecular weight is 342 g/mol. The Morgan fingerprint density at radius 2 is 2.17 bits per heavy atom. The molecule has 124 valence electrons. The summed E-state index contributed by atoms with van der Waals surface area (Å²) in [5, 5.41) is 4.85. The second kappa shape index (κ2) is 6.94. The van der Waals surface area contributed by atoms with Crippen molar-refractivity contribution >= 4 is 22.9 Å². The molecule has 0 saturated heterocycles. The van der Waals surface area contributed by atoms with Crippen LogP contribution in [0.1, 0.15) is 21.3 Å². The third-order valence-electron chi connectivity index (χ3n) is 3.81. The van der Waals surface area contributed by atoms with Gasteiger partial charge < -0.3 is 10.2 Å². The molecule has 0 aromatic carbocycles. The van der Waals surface area contributed by atoms with Crippen LogP contribution < -0.4 is 10.9 Å². The quantitative estimate of drug-likeness (QED) is 0.768. The van der Waals surface area contributed by atoms with Gasteiger partial charge >= 0.3 is 0 Å². The zero-order valence-corrected chi connectivity index (χ0v) is 14.3. The minimum absolute atomic E-state index is 0.0439. The maximum absolute atomic E-state index is 12.4. The molecule has 0 fully saturated rings. The van der Waals surface area contributed by atoms with Gasteiger partial charge in [-0.2, -0.15) is 0 Å². The van der Waals surface area contributed by atoms with E-state index in [1.54, 1.807) is 35.7 Å². The molecule has 7 heteroatoms. The lowest BCUT2D eigenvalue weighted by molar-refractivity contribution is 0.0940. The average Bonchev–Trinajstić information content (AvgIpc) is 3.09. The topological polar surface area (TPSA) is 66.7 Å². The van der Waals surface area contributed by atoms with E-state index in [-0.39, 0.29) is 17.2 Å². The molecule has 6 nitrogen and oxygen atoms in total. The highest BCUT2D eigenvalue weighted by molar-refractivity contribution is 7.10. The molecule has 0 aliphatic heterocycles. The van der Waals surface area contributed by atoms with Crippen LogP contribution in [0.15, 0.2) is 52.9 Å². The Morgan fingerprint density at radius 3 is 2.88 bits per heavy atom. The second-order valence-electron chi connectivity index (χ2n) is 5.61. The Hall–Kier alpha value is -2.51. The van der Waals surface area contributed by atoms with Crippen LogP contribution in [0.5, 0.6) is 0 Å². The number of hydrogen-bond donors (Lipinski definition) is 1. The molecule has 1 amide bonds. The number of carbonyl (C=O) groups excluding carboxylic acids is 1. The monoisotopic (exact) mass is 342 g/mol. The van der Waals surface area contributed by atoms with E-state index in [1.165, 1.54) is 10.6 Å². The summed E-state index contributed by atoms with van der Waals surface area (Å²) in [5.74, 6) is -0.408. The number of thiophene rings is 1. The second-order valence-corrected chi connectivity index (χ2v) is 6.59. The largest absolute Gasteiger partial charge is 0.350 e. The molecule has 0 spiro atoms. The Bertz CT molecular complexity index is 902. The highest BCUT2D eigenvalue weighted by Gasteiger charge is 2.18. The molecule has 0 aliphatic carbocycles. The van der Waals surface area contributed by atoms with Crippen LogP contribution in [0.25, 0.3) is 5.65 Å². The Balaban J connectivity index is 1.80. The Kier molecular flexibility index (Phi) is 4.73. The minimum atomic E-state index is -0.408. The number of nitrogens with zero attached hydrogens (tertiary/aromatic N) is 3. The van der Waals surface area contributed by atoms with Gasteiger partial charge in [-0.3, -0.25) is 14.0 Å². The summed E-state index contributed by atoms with van der Waals surface area (Å²) >= 11 is 1.64. The fourth-order valence-electron chi connectivity index (χ4n) is 2.49. The fraction of sp³-hybridized carbons (Fsp3) is 0.235. The number of carbonyl (C=O) groups is 1. The normalized spacial score (nSPS) is 12.5. The number of fused-ring (bicyclic) bond motifs is 1. The lowest BCUT2D eigenvalue weighted by Gasteiger charge is -2.23. The maximum atomic E-state index is 12.4. The van der Waals surface area contributed by atoms with Crippen molar-refractivity contribution < 1.29 is 4.79 Å². The number of hydrogen-bond acceptors (Lipinski definition) is 5. The molecule has 3 rings (SSSR count). The summed E-state index contributed by atoms with van der Waals surface area (Å²) in [4.78, 5) is 32.2. The van der Waals surface area contributed by atoms with Crippen molar-refractivity contribution in [3.8, 4) is 0 Å². The van der Waals surface area contributed by atoms with E-state index >= 15 is 0 Å². The number of amides is 1. The number of pyridine rings is 1. The van der Waals surface area contributed by atoms with Crippen LogP contribution in [-0.4, -0.2) is 40.8 Å². The van der Waals surface area contributed by atoms with Crippen molar-refractivity contribution in [3.63, 3.8) is 0 Å². The number of aromatic nitrogens is 2. The van der Waals surface area contributed by atoms with Gasteiger partial charge in [0.2, 0.25) is 0 Å². The van der Waals surface area contributed by atoms with E-state index in [0.717, 1.165) is 4.88 Å². The van der Waals surface area contributed by atoms with E-state index in [1.807, 2.05) is 36.5 Å². The van der Waals surface area contributed by atoms with Gasteiger partial charge in [0.05, 0.1) is 6.04 Å². The highest BCUT2D eigenvalue weighted by atomic mass is 32.1. The highest BCUT2D eigenvalue weighted by Crippen LogP contribution is 2.22. The molecule has 0 radical (unpaired) electrons. The van der Waals surface area contributed by atoms with Crippen molar-refractivity contribution in [2.24, 2.45) is 0 Å². The van der Waals surface area contributed by atoms with Crippen LogP contribution in [0.3, 0.4) is 0 Å². The van der Waals surface area contributed by atoms with Crippen molar-refractivity contribution in [1.82, 2.24) is 19.6 Å². The van der Waals surface area contributed by atoms with Crippen LogP contribution in [0.4, 0.5) is 0 Å². The molecule has 1 atom stereocenters. The zero-order valence-electron chi connectivity index (χ0n) is 13.5. The molecule has 3 aromatic heterocycles. The van der Waals surface area contributed by atoms with Crippen molar-refractivity contribution in [1.29, 1.82) is 0 Å². The van der Waals surface area contributed by atoms with Gasteiger partial charge in [-0.1, -0.05) is 12.1 Å². The molecular formula is C17H18N4O2S. The van der Waals surface area contributed by atoms with E-state index in [9.17, 15) is 9.59 Å². The van der Waals surface area contributed by atoms with Gasteiger partial charge in [-0.05, 0) is 37.7 Å². The molecule has 1 unspecified atom stereocenters. The van der Waals surface area contributed by atoms with Crippen LogP contribution >= 0.6 is 11.3 Å². The molecular weight excluding hydrogens is 324 g/mol. The summed E-state index contributed by atoms with van der Waals surface area (Å²) in [6.45, 7) is 0.420. The van der Waals surface area contributed by atoms with E-state index in [2.05, 4.69) is 10.3 Å². The number of likely N-dealkylation sites (N-methyl/N-ethyl adjacent to an activating group) is 1. The Morgan fingerprint density at radius 1 is 1.33 bits per heavy atom. The first-order valence-corrected chi connectivity index (χ1v) is 8.40. The predicted molar refractivity (Wildman–Crippen MR) is 94.5 cm³/mol. The Labute approximate surface area is 143 Å². The first-order valence-electron chi connectivity index (χ1n) is 7.52. The van der Waals surface area contributed by atoms with Gasteiger partial charge in [0, 0.05) is 23.8 Å². The molecule has 3 aromatic rings. The lowest BCUT2D eigenvalue weighted by atomic mass is 10.2. The summed E-state index contributed by atoms with van der Waals surface area (Å²) in [6.07, 6.45) is 2.94. The van der Waals surface area contributed by atoms with Gasteiger partial charge in [0.25, 0.3) is 11.5 Å². The van der Waals surface area contributed by atoms with Gasteiger partial charge in [-0.15, -0.1) is 11.3 Å². The summed E-state index contributed by atoms with van der Waals surface area (Å²) < 4.78 is 1.37. The number of rotatable bonds is 5. The summed E-state index contributed by atoms with van der Waals surface area (Å²) in [6, 6.07) is 9.33. The molecule has 1 N–H and O–H groups in total. The minimum Gasteiger partial charge on any atom is -0.350 e. The van der Waals surface area contributed by atoms with Crippen molar-refractivity contribution in [3.05, 3.63) is 68.9 Å². The third-order valence-corrected chi connectivity index (χ3v) is 4.78. The van der Waals surface area contributed by atoms with E-state index < -0.39 is 5.91 Å². The third kappa shape index (κ3) is 3.22. The molecule has 24 heavy (non-hydrogen) atoms. The SMILES string of the molecule is CN(C)C(CNC(=O)c1cnc2ccccn2c1=O)c1cccs1. The van der Waals surface area contributed by atoms with Gasteiger partial charge in [0.15, 0.2) is 0 Å². The molecule has 0 aliphatic rings. The van der Waals surface area contributed by atoms with Gasteiger partial charge in [0.1, 0.15) is 11.2 Å². The predicted octanol–water partition coefficient (Wildman–Crippen LogP) is 1.79. The smallest absolute Gasteiger partial charge is 0.270 e. The first-order chi connectivity index (χ1) is 11.6. The number of nitrogens with one attached hydrogen (secondary N) is 1. The van der Waals surface area contributed by atoms with Gasteiger partial charge in [-0.25, -0.2) is 4.98 Å². The molecule has 0 saturated carbocycles. The van der Waals surface area contributed by atoms with E-state index in [0.29, 0.717) is 12.2 Å². The van der Waals surface area contributed by atoms with Crippen LogP contribution in [0.2, 0.25) is 0 Å². The first kappa shape index (κ1) is 16.4. The maximum Gasteiger partial charge on any atom is 0.270 e. The summed E-state index contributed by atoms with van der Waals surface area (Å²) in [7, 11) is 3.92. The standard InChI is InChI=1S/C17H18N4O2S/c1-20(2)13(14-6-5-9-24-14)11-19-16(22)12-10-18-15-7-3-4-8-21(15)17(12)23/h3-10,13H,11H2,1-2H3,(H,19,22). The molecule has 3 heterocycles. The fourth-order valence-corrected chi connectivity index (χ4v) is 3.41. The van der Waals surface area contributed by atoms with Crippen LogP contribution in [-0.2, 0) is 0 Å². The molecule has 0 bridgehead atoms. The summed E-state index contributed by atoms with van der Waals surface area (Å²) in [5.41, 5.74) is 0.196.